The molecule has 0 aliphatic heterocycles. The monoisotopic (exact) mass is 964 g/mol. The Morgan fingerprint density at radius 2 is 1.26 bits per heavy atom. The summed E-state index contributed by atoms with van der Waals surface area (Å²) in [6.07, 6.45) is 9.88. The van der Waals surface area contributed by atoms with Crippen LogP contribution in [-0.4, -0.2) is 17.6 Å². The fourth-order valence-corrected chi connectivity index (χ4v) is 8.63. The first-order chi connectivity index (χ1) is 28.1. The standard InChI is InChI=1S/C33H45O.C22H25.C2H6Si.2ClH.Zr/c1-23-21-26-22-25-13-12-15-29(25)30(24-16-18-27(19-17-24)32(2,3)4)31(26)28(23)14-10-8-9-11-20-34-33(5,6)7;1-15(2)18-13-17-7-6-8-20(21(17)14-18)16-9-11-19(12-10-16)22(3,4)5;1-3-2;;;/h16-19,21-22H,8-15,20H2,1-7H3;6-15H,1-5H3;1-2H3;2*1H;/q2*-1;;;;+2/p-2. The molecule has 0 atom stereocenters. The van der Waals surface area contributed by atoms with Gasteiger partial charge in [-0.25, -0.2) is 0 Å². The number of rotatable bonds is 10. The molecule has 62 heavy (non-hydrogen) atoms. The van der Waals surface area contributed by atoms with Gasteiger partial charge < -0.3 is 29.6 Å². The van der Waals surface area contributed by atoms with Gasteiger partial charge in [-0.05, 0) is 85.5 Å². The average molecular weight is 967 g/mol. The molecule has 0 fully saturated rings. The maximum atomic E-state index is 5.90. The molecule has 334 valence electrons. The molecule has 0 bridgehead atoms. The van der Waals surface area contributed by atoms with E-state index >= 15 is 0 Å². The van der Waals surface area contributed by atoms with Gasteiger partial charge >= 0.3 is 41.9 Å². The molecule has 0 saturated carbocycles. The van der Waals surface area contributed by atoms with Gasteiger partial charge in [0, 0.05) is 6.61 Å². The molecule has 1 aliphatic rings. The van der Waals surface area contributed by atoms with Gasteiger partial charge in [0.05, 0.1) is 5.60 Å². The third-order valence-electron chi connectivity index (χ3n) is 12.0. The quantitative estimate of drug-likeness (QED) is 0.0755. The van der Waals surface area contributed by atoms with E-state index in [1.807, 2.05) is 0 Å². The largest absolute Gasteiger partial charge is 1.00 e. The zero-order valence-corrected chi connectivity index (χ0v) is 45.7. The van der Waals surface area contributed by atoms with Crippen molar-refractivity contribution in [2.45, 2.75) is 170 Å². The maximum absolute atomic E-state index is 5.90. The molecule has 1 aliphatic carbocycles. The second kappa shape index (κ2) is 23.3. The molecule has 0 N–H and O–H groups in total. The first kappa shape index (κ1) is 54.1. The first-order valence-electron chi connectivity index (χ1n) is 22.9. The summed E-state index contributed by atoms with van der Waals surface area (Å²) in [5, 5.41) is 5.72. The van der Waals surface area contributed by atoms with Crippen LogP contribution in [0, 0.1) is 6.92 Å². The minimum absolute atomic E-state index is 0. The van der Waals surface area contributed by atoms with E-state index in [9.17, 15) is 0 Å². The second-order valence-electron chi connectivity index (χ2n) is 21.0. The zero-order valence-electron chi connectivity index (χ0n) is 40.8. The number of ether oxygens (including phenoxy) is 1. The van der Waals surface area contributed by atoms with Gasteiger partial charge in [-0.3, -0.25) is 0 Å². The summed E-state index contributed by atoms with van der Waals surface area (Å²) in [7, 11) is 0. The molecular formula is C57H76Cl2OSiZr-2. The molecule has 0 aromatic heterocycles. The van der Waals surface area contributed by atoms with Gasteiger partial charge in [-0.2, -0.15) is 6.07 Å². The Kier molecular flexibility index (Phi) is 20.3. The number of unbranched alkanes of at least 4 members (excludes halogenated alkanes) is 3. The predicted octanol–water partition coefficient (Wildman–Crippen LogP) is 10.7. The van der Waals surface area contributed by atoms with Gasteiger partial charge in [-0.1, -0.05) is 165 Å². The van der Waals surface area contributed by atoms with Crippen molar-refractivity contribution in [1.82, 2.24) is 0 Å². The summed E-state index contributed by atoms with van der Waals surface area (Å²) in [4.78, 5) is 0. The van der Waals surface area contributed by atoms with Crippen molar-refractivity contribution in [3.8, 4) is 22.3 Å². The van der Waals surface area contributed by atoms with E-state index in [-0.39, 0.29) is 46.7 Å². The summed E-state index contributed by atoms with van der Waals surface area (Å²) < 4.78 is 5.90. The molecule has 6 aromatic rings. The topological polar surface area (TPSA) is 9.23 Å². The number of aryl methyl sites for hydroxylation is 3. The number of halogens is 2. The van der Waals surface area contributed by atoms with Crippen LogP contribution in [-0.2, 0) is 58.2 Å². The normalized spacial score (nSPS) is 12.6. The second-order valence-corrected chi connectivity index (χ2v) is 30.4. The number of hydrogen-bond donors (Lipinski definition) is 0. The molecule has 0 spiro atoms. The van der Waals surface area contributed by atoms with Crippen molar-refractivity contribution in [2.75, 3.05) is 6.61 Å². The summed E-state index contributed by atoms with van der Waals surface area (Å²) in [5.41, 5.74) is 16.6. The molecule has 0 amide bonds. The molecule has 6 aromatic carbocycles. The molecule has 0 radical (unpaired) electrons. The first-order valence-corrected chi connectivity index (χ1v) is 29.1. The van der Waals surface area contributed by atoms with Crippen LogP contribution >= 0.6 is 0 Å². The Bertz CT molecular complexity index is 2330. The van der Waals surface area contributed by atoms with Crippen LogP contribution in [0.5, 0.6) is 0 Å². The van der Waals surface area contributed by atoms with E-state index in [0.29, 0.717) is 5.92 Å². The fraction of sp³-hybridized carbons (Fsp3) is 0.474. The van der Waals surface area contributed by atoms with Crippen LogP contribution in [0.15, 0.2) is 91.0 Å². The third kappa shape index (κ3) is 14.6. The molecule has 0 heterocycles. The molecule has 0 unspecified atom stereocenters. The third-order valence-corrected chi connectivity index (χ3v) is 12.0. The van der Waals surface area contributed by atoms with Crippen LogP contribution < -0.4 is 24.8 Å². The molecule has 7 rings (SSSR count). The van der Waals surface area contributed by atoms with Gasteiger partial charge in [0.1, 0.15) is 0 Å². The number of fused-ring (bicyclic) bond motifs is 3. The summed E-state index contributed by atoms with van der Waals surface area (Å²) in [6.45, 7) is 32.4. The van der Waals surface area contributed by atoms with Crippen LogP contribution in [0.2, 0.25) is 13.1 Å². The zero-order chi connectivity index (χ0) is 44.0. The van der Waals surface area contributed by atoms with Crippen molar-refractivity contribution in [3.05, 3.63) is 130 Å². The summed E-state index contributed by atoms with van der Waals surface area (Å²) >= 11 is 1.74. The maximum Gasteiger partial charge on any atom is 0.0598 e. The Labute approximate surface area is 405 Å². The summed E-state index contributed by atoms with van der Waals surface area (Å²) in [6, 6.07) is 34.8. The van der Waals surface area contributed by atoms with Gasteiger partial charge in [-0.15, -0.1) is 68.6 Å². The van der Waals surface area contributed by atoms with Gasteiger partial charge in [0.2, 0.25) is 0 Å². The van der Waals surface area contributed by atoms with E-state index < -0.39 is 0 Å². The molecule has 1 nitrogen and oxygen atoms in total. The van der Waals surface area contributed by atoms with Crippen LogP contribution in [0.3, 0.4) is 0 Å². The van der Waals surface area contributed by atoms with E-state index in [0.717, 1.165) is 13.0 Å². The Hall–Kier alpha value is -2.26. The number of benzene rings is 4. The van der Waals surface area contributed by atoms with Crippen molar-refractivity contribution in [2.24, 2.45) is 0 Å². The van der Waals surface area contributed by atoms with E-state index in [1.54, 1.807) is 40.0 Å². The van der Waals surface area contributed by atoms with E-state index in [4.69, 9.17) is 4.74 Å². The minimum Gasteiger partial charge on any atom is -1.00 e. The van der Waals surface area contributed by atoms with E-state index in [2.05, 4.69) is 187 Å². The van der Waals surface area contributed by atoms with E-state index in [1.165, 1.54) is 111 Å². The van der Waals surface area contributed by atoms with Crippen molar-refractivity contribution in [3.63, 3.8) is 0 Å². The minimum atomic E-state index is -0.0208. The van der Waals surface area contributed by atoms with Gasteiger partial charge in [0.25, 0.3) is 0 Å². The molecule has 5 heteroatoms. The van der Waals surface area contributed by atoms with Crippen LogP contribution in [0.25, 0.3) is 43.8 Å². The van der Waals surface area contributed by atoms with Crippen LogP contribution in [0.4, 0.5) is 0 Å². The van der Waals surface area contributed by atoms with Crippen molar-refractivity contribution >= 4 is 27.0 Å². The molecule has 0 saturated heterocycles. The average Bonchev–Trinajstić information content (AvgIpc) is 3.89. The fourth-order valence-electron chi connectivity index (χ4n) is 8.63. The Balaban J connectivity index is 0.000000316. The Morgan fingerprint density at radius 3 is 1.81 bits per heavy atom. The summed E-state index contributed by atoms with van der Waals surface area (Å²) in [5.74, 6) is 0.573. The number of hydrogen-bond acceptors (Lipinski definition) is 1. The molecular weight excluding hydrogens is 891 g/mol. The SMILES string of the molecule is CC(C)c1cc2c(-c3ccc(C(C)(C)C)cc3)cccc2[cH-]1.C[Si](C)=[Zr+2].Cc1[cH-]c2cc3c(c(-c4ccc(C(C)(C)C)cc4)c2c1CCCCCCOC(C)(C)C)CCC3.[Cl-].[Cl-]. The van der Waals surface area contributed by atoms with Crippen molar-refractivity contribution in [1.29, 1.82) is 0 Å². The smallest absolute Gasteiger partial charge is 0.0598 e. The predicted molar refractivity (Wildman–Crippen MR) is 264 cm³/mol. The Morgan fingerprint density at radius 1 is 0.694 bits per heavy atom. The van der Waals surface area contributed by atoms with Crippen molar-refractivity contribution < 1.29 is 52.9 Å². The van der Waals surface area contributed by atoms with Crippen LogP contribution in [0.1, 0.15) is 153 Å². The van der Waals surface area contributed by atoms with Gasteiger partial charge in [0.15, 0.2) is 0 Å².